The number of carbonyl (C=O) groups excluding carboxylic acids is 1. The Balaban J connectivity index is 1.56. The zero-order chi connectivity index (χ0) is 15.6. The van der Waals surface area contributed by atoms with Crippen LogP contribution in [0, 0.1) is 11.3 Å². The van der Waals surface area contributed by atoms with Gasteiger partial charge in [-0.2, -0.15) is 0 Å². The lowest BCUT2D eigenvalue weighted by molar-refractivity contribution is -0.118. The van der Waals surface area contributed by atoms with Crippen LogP contribution in [0.4, 0.5) is 11.4 Å². The van der Waals surface area contributed by atoms with E-state index >= 15 is 0 Å². The number of anilines is 2. The van der Waals surface area contributed by atoms with Gasteiger partial charge in [0.1, 0.15) is 0 Å². The highest BCUT2D eigenvalue weighted by atomic mass is 16.5. The standard InChI is InChI=1S/C17H24N2O3/c1-19(8-9-20)14-4-2-13(3-5-14)18-16(21)15-12-17(15)6-10-22-11-7-17/h2-5,15,20H,6-12H2,1H3,(H,18,21). The Bertz CT molecular complexity index is 523. The number of benzene rings is 1. The number of aliphatic hydroxyl groups excluding tert-OH is 1. The Labute approximate surface area is 131 Å². The molecule has 2 aliphatic rings. The summed E-state index contributed by atoms with van der Waals surface area (Å²) in [5.74, 6) is 0.284. The van der Waals surface area contributed by atoms with Crippen molar-refractivity contribution in [3.8, 4) is 0 Å². The van der Waals surface area contributed by atoms with E-state index in [1.54, 1.807) is 0 Å². The minimum absolute atomic E-state index is 0.127. The number of nitrogens with one attached hydrogen (secondary N) is 1. The number of ether oxygens (including phenoxy) is 1. The second-order valence-corrected chi connectivity index (χ2v) is 6.41. The largest absolute Gasteiger partial charge is 0.395 e. The molecular weight excluding hydrogens is 280 g/mol. The van der Waals surface area contributed by atoms with Crippen LogP contribution in [0.1, 0.15) is 19.3 Å². The van der Waals surface area contributed by atoms with Crippen LogP contribution in [-0.4, -0.2) is 44.4 Å². The second-order valence-electron chi connectivity index (χ2n) is 6.41. The lowest BCUT2D eigenvalue weighted by Crippen LogP contribution is -2.24. The van der Waals surface area contributed by atoms with Crippen molar-refractivity contribution in [1.82, 2.24) is 0 Å². The molecule has 1 heterocycles. The molecule has 1 atom stereocenters. The maximum absolute atomic E-state index is 12.4. The van der Waals surface area contributed by atoms with Crippen LogP contribution in [0.15, 0.2) is 24.3 Å². The Hall–Kier alpha value is -1.59. The number of carbonyl (C=O) groups is 1. The summed E-state index contributed by atoms with van der Waals surface area (Å²) >= 11 is 0. The Morgan fingerprint density at radius 3 is 2.68 bits per heavy atom. The van der Waals surface area contributed by atoms with Crippen LogP contribution in [0.25, 0.3) is 0 Å². The summed E-state index contributed by atoms with van der Waals surface area (Å²) < 4.78 is 5.39. The molecule has 1 spiro atoms. The fourth-order valence-corrected chi connectivity index (χ4v) is 3.36. The first kappa shape index (κ1) is 15.3. The summed E-state index contributed by atoms with van der Waals surface area (Å²) in [5, 5.41) is 12.0. The topological polar surface area (TPSA) is 61.8 Å². The van der Waals surface area contributed by atoms with Crippen molar-refractivity contribution in [3.63, 3.8) is 0 Å². The normalized spacial score (nSPS) is 22.4. The fraction of sp³-hybridized carbons (Fsp3) is 0.588. The van der Waals surface area contributed by atoms with Crippen molar-refractivity contribution < 1.29 is 14.6 Å². The molecule has 22 heavy (non-hydrogen) atoms. The molecule has 0 radical (unpaired) electrons. The van der Waals surface area contributed by atoms with E-state index in [1.165, 1.54) is 0 Å². The van der Waals surface area contributed by atoms with Gasteiger partial charge in [0.15, 0.2) is 0 Å². The monoisotopic (exact) mass is 304 g/mol. The minimum atomic E-state index is 0.127. The van der Waals surface area contributed by atoms with E-state index in [-0.39, 0.29) is 23.8 Å². The van der Waals surface area contributed by atoms with Gasteiger partial charge < -0.3 is 20.1 Å². The maximum atomic E-state index is 12.4. The number of aliphatic hydroxyl groups is 1. The van der Waals surface area contributed by atoms with E-state index in [9.17, 15) is 4.79 Å². The third kappa shape index (κ3) is 3.10. The van der Waals surface area contributed by atoms with Crippen molar-refractivity contribution >= 4 is 17.3 Å². The highest BCUT2D eigenvalue weighted by Crippen LogP contribution is 2.59. The summed E-state index contributed by atoms with van der Waals surface area (Å²) in [6.07, 6.45) is 3.02. The summed E-state index contributed by atoms with van der Waals surface area (Å²) in [6, 6.07) is 7.76. The highest BCUT2D eigenvalue weighted by Gasteiger charge is 2.57. The van der Waals surface area contributed by atoms with Crippen molar-refractivity contribution in [2.45, 2.75) is 19.3 Å². The summed E-state index contributed by atoms with van der Waals surface area (Å²) in [4.78, 5) is 14.3. The van der Waals surface area contributed by atoms with Gasteiger partial charge in [-0.05, 0) is 48.9 Å². The van der Waals surface area contributed by atoms with Crippen LogP contribution in [0.2, 0.25) is 0 Å². The van der Waals surface area contributed by atoms with Gasteiger partial charge in [-0.25, -0.2) is 0 Å². The number of hydrogen-bond donors (Lipinski definition) is 2. The summed E-state index contributed by atoms with van der Waals surface area (Å²) in [7, 11) is 1.93. The maximum Gasteiger partial charge on any atom is 0.228 e. The lowest BCUT2D eigenvalue weighted by Gasteiger charge is -2.22. The number of nitrogens with zero attached hydrogens (tertiary/aromatic N) is 1. The van der Waals surface area contributed by atoms with E-state index in [0.717, 1.165) is 43.9 Å². The molecule has 1 aromatic carbocycles. The molecule has 5 heteroatoms. The first-order chi connectivity index (χ1) is 10.6. The minimum Gasteiger partial charge on any atom is -0.395 e. The van der Waals surface area contributed by atoms with E-state index in [4.69, 9.17) is 9.84 Å². The Morgan fingerprint density at radius 2 is 2.05 bits per heavy atom. The van der Waals surface area contributed by atoms with Gasteiger partial charge in [0.2, 0.25) is 5.91 Å². The third-order valence-corrected chi connectivity index (χ3v) is 5.01. The van der Waals surface area contributed by atoms with E-state index in [1.807, 2.05) is 36.2 Å². The molecule has 2 fully saturated rings. The molecule has 1 amide bonds. The zero-order valence-electron chi connectivity index (χ0n) is 13.0. The molecule has 3 rings (SSSR count). The number of rotatable bonds is 5. The average molecular weight is 304 g/mol. The molecule has 1 aliphatic heterocycles. The molecule has 1 saturated heterocycles. The highest BCUT2D eigenvalue weighted by molar-refractivity contribution is 5.95. The Morgan fingerprint density at radius 1 is 1.36 bits per heavy atom. The van der Waals surface area contributed by atoms with Gasteiger partial charge in [0, 0.05) is 44.1 Å². The number of hydrogen-bond acceptors (Lipinski definition) is 4. The molecule has 1 aromatic rings. The molecule has 120 valence electrons. The molecule has 1 unspecified atom stereocenters. The molecule has 0 aromatic heterocycles. The predicted octanol–water partition coefficient (Wildman–Crippen LogP) is 1.87. The SMILES string of the molecule is CN(CCO)c1ccc(NC(=O)C2CC23CCOCC3)cc1. The molecule has 5 nitrogen and oxygen atoms in total. The molecule has 0 bridgehead atoms. The second kappa shape index (κ2) is 6.26. The lowest BCUT2D eigenvalue weighted by atomic mass is 9.93. The zero-order valence-corrected chi connectivity index (χ0v) is 13.0. The van der Waals surface area contributed by atoms with E-state index in [2.05, 4.69) is 5.32 Å². The van der Waals surface area contributed by atoms with Crippen LogP contribution in [0.3, 0.4) is 0 Å². The summed E-state index contributed by atoms with van der Waals surface area (Å²) in [6.45, 7) is 2.30. The van der Waals surface area contributed by atoms with Crippen LogP contribution in [0.5, 0.6) is 0 Å². The van der Waals surface area contributed by atoms with Crippen LogP contribution in [-0.2, 0) is 9.53 Å². The van der Waals surface area contributed by atoms with E-state index in [0.29, 0.717) is 6.54 Å². The first-order valence-corrected chi connectivity index (χ1v) is 7.95. The summed E-state index contributed by atoms with van der Waals surface area (Å²) in [5.41, 5.74) is 2.07. The average Bonchev–Trinajstić information content (AvgIpc) is 3.22. The van der Waals surface area contributed by atoms with Crippen LogP contribution < -0.4 is 10.2 Å². The van der Waals surface area contributed by atoms with Crippen molar-refractivity contribution in [2.75, 3.05) is 43.6 Å². The number of amides is 1. The van der Waals surface area contributed by atoms with Gasteiger partial charge in [0.05, 0.1) is 6.61 Å². The molecular formula is C17H24N2O3. The van der Waals surface area contributed by atoms with Crippen LogP contribution >= 0.6 is 0 Å². The fourth-order valence-electron chi connectivity index (χ4n) is 3.36. The van der Waals surface area contributed by atoms with Gasteiger partial charge in [-0.3, -0.25) is 4.79 Å². The third-order valence-electron chi connectivity index (χ3n) is 5.01. The van der Waals surface area contributed by atoms with Crippen molar-refractivity contribution in [1.29, 1.82) is 0 Å². The quantitative estimate of drug-likeness (QED) is 0.872. The molecule has 2 N–H and O–H groups in total. The number of likely N-dealkylation sites (N-methyl/N-ethyl adjacent to an activating group) is 1. The van der Waals surface area contributed by atoms with Gasteiger partial charge >= 0.3 is 0 Å². The van der Waals surface area contributed by atoms with Crippen molar-refractivity contribution in [2.24, 2.45) is 11.3 Å². The van der Waals surface area contributed by atoms with Gasteiger partial charge in [-0.1, -0.05) is 0 Å². The van der Waals surface area contributed by atoms with E-state index < -0.39 is 0 Å². The van der Waals surface area contributed by atoms with Gasteiger partial charge in [0.25, 0.3) is 0 Å². The smallest absolute Gasteiger partial charge is 0.228 e. The predicted molar refractivity (Wildman–Crippen MR) is 86.0 cm³/mol. The van der Waals surface area contributed by atoms with Gasteiger partial charge in [-0.15, -0.1) is 0 Å². The molecule has 1 aliphatic carbocycles. The molecule has 1 saturated carbocycles. The first-order valence-electron chi connectivity index (χ1n) is 7.95. The Kier molecular flexibility index (Phi) is 4.36. The van der Waals surface area contributed by atoms with Crippen molar-refractivity contribution in [3.05, 3.63) is 24.3 Å².